The summed E-state index contributed by atoms with van der Waals surface area (Å²) in [6, 6.07) is 0.360. The highest BCUT2D eigenvalue weighted by atomic mass is 16.5. The number of rotatable bonds is 7. The molecule has 8 heteroatoms. The predicted molar refractivity (Wildman–Crippen MR) is 94.3 cm³/mol. The molecule has 1 aliphatic carbocycles. The second-order valence-corrected chi connectivity index (χ2v) is 6.89. The first-order chi connectivity index (χ1) is 11.6. The van der Waals surface area contributed by atoms with Gasteiger partial charge in [-0.3, -0.25) is 10.6 Å². The summed E-state index contributed by atoms with van der Waals surface area (Å²) in [7, 11) is 1.74. The Morgan fingerprint density at radius 2 is 2.08 bits per heavy atom. The molecule has 5 unspecified atom stereocenters. The number of hydrogen-bond donors (Lipinski definition) is 6. The van der Waals surface area contributed by atoms with Gasteiger partial charge in [0, 0.05) is 19.2 Å². The Morgan fingerprint density at radius 1 is 1.25 bits per heavy atom. The first-order valence-electron chi connectivity index (χ1n) is 9.16. The average molecular weight is 342 g/mol. The molecule has 1 aliphatic heterocycles. The molecule has 0 spiro atoms. The van der Waals surface area contributed by atoms with Crippen molar-refractivity contribution in [2.45, 2.75) is 76.1 Å². The maximum atomic E-state index is 12.3. The summed E-state index contributed by atoms with van der Waals surface area (Å²) in [5, 5.41) is 16.2. The normalized spacial score (nSPS) is 33.9. The van der Waals surface area contributed by atoms with Crippen molar-refractivity contribution in [1.82, 2.24) is 26.6 Å². The van der Waals surface area contributed by atoms with Gasteiger partial charge in [-0.2, -0.15) is 0 Å². The second kappa shape index (κ2) is 10.1. The molecule has 0 aromatic rings. The third-order valence-corrected chi connectivity index (χ3v) is 4.75. The lowest BCUT2D eigenvalue weighted by molar-refractivity contribution is 0.0601. The summed E-state index contributed by atoms with van der Waals surface area (Å²) in [4.78, 5) is 12.3. The molecule has 0 aromatic carbocycles. The highest BCUT2D eigenvalue weighted by molar-refractivity contribution is 5.74. The van der Waals surface area contributed by atoms with Gasteiger partial charge in [-0.05, 0) is 58.5 Å². The molecule has 8 nitrogen and oxygen atoms in total. The van der Waals surface area contributed by atoms with Crippen molar-refractivity contribution in [2.24, 2.45) is 5.73 Å². The standard InChI is InChI=1S/C16H34N6O2/c1-11-9-14(18-8-4-7-17)21-15(19-11)22-16(23)20-12-5-3-6-13(10-12)24-2/h11-15,18-19,21H,3-10,17H2,1-2H3,(H2,20,22,23). The van der Waals surface area contributed by atoms with E-state index in [2.05, 4.69) is 33.5 Å². The number of carbonyl (C=O) groups is 1. The van der Waals surface area contributed by atoms with Crippen LogP contribution in [-0.2, 0) is 4.74 Å². The van der Waals surface area contributed by atoms with Crippen molar-refractivity contribution in [3.63, 3.8) is 0 Å². The third-order valence-electron chi connectivity index (χ3n) is 4.75. The van der Waals surface area contributed by atoms with Crippen LogP contribution in [0, 0.1) is 0 Å². The summed E-state index contributed by atoms with van der Waals surface area (Å²) in [5.41, 5.74) is 5.53. The number of amides is 2. The molecule has 0 aromatic heterocycles. The molecule has 2 rings (SSSR count). The summed E-state index contributed by atoms with van der Waals surface area (Å²) >= 11 is 0. The Morgan fingerprint density at radius 3 is 2.83 bits per heavy atom. The lowest BCUT2D eigenvalue weighted by Gasteiger charge is -2.37. The number of methoxy groups -OCH3 is 1. The number of nitrogens with one attached hydrogen (secondary N) is 5. The van der Waals surface area contributed by atoms with Crippen molar-refractivity contribution in [2.75, 3.05) is 20.2 Å². The first-order valence-corrected chi connectivity index (χ1v) is 9.16. The van der Waals surface area contributed by atoms with Crippen LogP contribution in [0.4, 0.5) is 4.79 Å². The Hall–Kier alpha value is -0.930. The van der Waals surface area contributed by atoms with E-state index in [1.54, 1.807) is 7.11 Å². The van der Waals surface area contributed by atoms with E-state index in [9.17, 15) is 4.79 Å². The first kappa shape index (κ1) is 19.4. The Kier molecular flexibility index (Phi) is 8.20. The van der Waals surface area contributed by atoms with Crippen molar-refractivity contribution in [3.8, 4) is 0 Å². The largest absolute Gasteiger partial charge is 0.381 e. The lowest BCUT2D eigenvalue weighted by atomic mass is 9.93. The minimum atomic E-state index is -0.245. The van der Waals surface area contributed by atoms with Gasteiger partial charge in [0.15, 0.2) is 0 Å². The van der Waals surface area contributed by atoms with Gasteiger partial charge >= 0.3 is 6.03 Å². The molecule has 1 saturated heterocycles. The van der Waals surface area contributed by atoms with Gasteiger partial charge in [-0.1, -0.05) is 0 Å². The smallest absolute Gasteiger partial charge is 0.317 e. The zero-order chi connectivity index (χ0) is 17.4. The molecule has 0 bridgehead atoms. The highest BCUT2D eigenvalue weighted by Gasteiger charge is 2.27. The minimum absolute atomic E-state index is 0.142. The van der Waals surface area contributed by atoms with Crippen LogP contribution in [-0.4, -0.2) is 56.9 Å². The van der Waals surface area contributed by atoms with Crippen LogP contribution in [0.25, 0.3) is 0 Å². The van der Waals surface area contributed by atoms with Crippen molar-refractivity contribution in [1.29, 1.82) is 0 Å². The molecule has 24 heavy (non-hydrogen) atoms. The molecule has 1 heterocycles. The molecule has 0 radical (unpaired) electrons. The van der Waals surface area contributed by atoms with Crippen LogP contribution in [0.3, 0.4) is 0 Å². The van der Waals surface area contributed by atoms with Gasteiger partial charge in [0.05, 0.1) is 12.3 Å². The van der Waals surface area contributed by atoms with E-state index in [0.29, 0.717) is 12.6 Å². The number of urea groups is 1. The zero-order valence-electron chi connectivity index (χ0n) is 14.9. The second-order valence-electron chi connectivity index (χ2n) is 6.89. The van der Waals surface area contributed by atoms with E-state index in [1.165, 1.54) is 0 Å². The quantitative estimate of drug-likeness (QED) is 0.356. The zero-order valence-corrected chi connectivity index (χ0v) is 14.9. The topological polar surface area (TPSA) is 112 Å². The fraction of sp³-hybridized carbons (Fsp3) is 0.938. The van der Waals surface area contributed by atoms with E-state index in [0.717, 1.165) is 45.1 Å². The predicted octanol–water partition coefficient (Wildman–Crippen LogP) is -0.237. The van der Waals surface area contributed by atoms with Crippen LogP contribution in [0.1, 0.15) is 45.4 Å². The molecule has 2 amide bonds. The lowest BCUT2D eigenvalue weighted by Crippen LogP contribution is -2.68. The van der Waals surface area contributed by atoms with Gasteiger partial charge in [0.1, 0.15) is 6.29 Å². The number of carbonyl (C=O) groups excluding carboxylic acids is 1. The maximum Gasteiger partial charge on any atom is 0.317 e. The van der Waals surface area contributed by atoms with Crippen molar-refractivity contribution in [3.05, 3.63) is 0 Å². The van der Waals surface area contributed by atoms with Gasteiger partial charge in [0.25, 0.3) is 0 Å². The van der Waals surface area contributed by atoms with E-state index < -0.39 is 0 Å². The molecule has 5 atom stereocenters. The van der Waals surface area contributed by atoms with E-state index >= 15 is 0 Å². The van der Waals surface area contributed by atoms with Crippen LogP contribution in [0.2, 0.25) is 0 Å². The number of ether oxygens (including phenoxy) is 1. The van der Waals surface area contributed by atoms with Gasteiger partial charge in [0.2, 0.25) is 0 Å². The summed E-state index contributed by atoms with van der Waals surface area (Å²) in [6.45, 7) is 3.68. The van der Waals surface area contributed by atoms with Crippen LogP contribution in [0.5, 0.6) is 0 Å². The fourth-order valence-electron chi connectivity index (χ4n) is 3.48. The monoisotopic (exact) mass is 342 g/mol. The van der Waals surface area contributed by atoms with E-state index in [4.69, 9.17) is 10.5 Å². The van der Waals surface area contributed by atoms with Crippen LogP contribution < -0.4 is 32.3 Å². The SMILES string of the molecule is COC1CCCC(NC(=O)NC2NC(C)CC(NCCCN)N2)C1. The molecular formula is C16H34N6O2. The summed E-state index contributed by atoms with van der Waals surface area (Å²) in [6.07, 6.45) is 6.16. The molecular weight excluding hydrogens is 308 g/mol. The fourth-order valence-corrected chi connectivity index (χ4v) is 3.48. The van der Waals surface area contributed by atoms with Crippen LogP contribution in [0.15, 0.2) is 0 Å². The maximum absolute atomic E-state index is 12.3. The van der Waals surface area contributed by atoms with Crippen molar-refractivity contribution < 1.29 is 9.53 Å². The van der Waals surface area contributed by atoms with Crippen LogP contribution >= 0.6 is 0 Å². The Labute approximate surface area is 145 Å². The molecule has 1 saturated carbocycles. The summed E-state index contributed by atoms with van der Waals surface area (Å²) < 4.78 is 5.41. The molecule has 140 valence electrons. The van der Waals surface area contributed by atoms with E-state index in [1.807, 2.05) is 0 Å². The Balaban J connectivity index is 1.73. The number of nitrogens with two attached hydrogens (primary N) is 1. The minimum Gasteiger partial charge on any atom is -0.381 e. The number of hydrogen-bond acceptors (Lipinski definition) is 6. The molecule has 7 N–H and O–H groups in total. The van der Waals surface area contributed by atoms with E-state index in [-0.39, 0.29) is 30.6 Å². The van der Waals surface area contributed by atoms with Gasteiger partial charge < -0.3 is 26.4 Å². The Bertz CT molecular complexity index is 384. The van der Waals surface area contributed by atoms with Crippen molar-refractivity contribution >= 4 is 6.03 Å². The highest BCUT2D eigenvalue weighted by Crippen LogP contribution is 2.20. The average Bonchev–Trinajstić information content (AvgIpc) is 2.54. The molecule has 2 fully saturated rings. The third kappa shape index (κ3) is 6.52. The summed E-state index contributed by atoms with van der Waals surface area (Å²) in [5.74, 6) is 0. The van der Waals surface area contributed by atoms with Gasteiger partial charge in [-0.25, -0.2) is 4.79 Å². The van der Waals surface area contributed by atoms with Gasteiger partial charge in [-0.15, -0.1) is 0 Å². The molecule has 2 aliphatic rings.